The third-order valence-electron chi connectivity index (χ3n) is 8.98. The van der Waals surface area contributed by atoms with Gasteiger partial charge in [0.05, 0.1) is 19.8 Å². The summed E-state index contributed by atoms with van der Waals surface area (Å²) < 4.78 is 31.5. The number of nitrogens with zero attached hydrogens (tertiary/aromatic N) is 2. The van der Waals surface area contributed by atoms with Crippen LogP contribution in [0.5, 0.6) is 5.75 Å². The van der Waals surface area contributed by atoms with E-state index >= 15 is 0 Å². The number of fused-ring (bicyclic) bond motifs is 1. The molecule has 2 unspecified atom stereocenters. The number of pyridine rings is 1. The smallest absolute Gasteiger partial charge is 0.325 e. The number of benzene rings is 1. The maximum absolute atomic E-state index is 14.4. The first-order valence-electron chi connectivity index (χ1n) is 15.4. The van der Waals surface area contributed by atoms with E-state index in [9.17, 15) is 14.3 Å². The molecule has 0 bridgehead atoms. The standard InChI is InChI=1S/C32H45FN3O5P/c1-39-28-18-24(35-31-26(28)6-4-13-34-31)5-2-3-7-29(42)21-10-14-36(19-21)30(32(37)38)27-17-23(33)9-8-22(27)20-41-25-11-15-40-16-12-25/h8-9,17-18,21,25,29-30H,2-7,10-16,19-20,42H2,1H3,(H,34,35)(H,37,38)/t21?,29-,30+/m0/s1. The normalized spacial score (nSPS) is 21.0. The van der Waals surface area contributed by atoms with Crippen molar-refractivity contribution in [3.8, 4) is 5.75 Å². The van der Waals surface area contributed by atoms with Gasteiger partial charge < -0.3 is 24.6 Å². The first kappa shape index (κ1) is 31.1. The summed E-state index contributed by atoms with van der Waals surface area (Å²) in [5.74, 6) is 0.902. The van der Waals surface area contributed by atoms with Gasteiger partial charge in [0.1, 0.15) is 23.4 Å². The van der Waals surface area contributed by atoms with Crippen molar-refractivity contribution in [1.82, 2.24) is 9.88 Å². The molecule has 42 heavy (non-hydrogen) atoms. The number of carbonyl (C=O) groups is 1. The number of unbranched alkanes of at least 4 members (excludes halogenated alkanes) is 1. The van der Waals surface area contributed by atoms with Gasteiger partial charge in [-0.25, -0.2) is 9.37 Å². The number of anilines is 1. The number of rotatable bonds is 13. The predicted octanol–water partition coefficient (Wildman–Crippen LogP) is 5.39. The number of carboxylic acids is 1. The number of hydrogen-bond donors (Lipinski definition) is 2. The monoisotopic (exact) mass is 601 g/mol. The molecule has 2 aromatic rings. The summed E-state index contributed by atoms with van der Waals surface area (Å²) in [5.41, 5.74) is 3.87. The van der Waals surface area contributed by atoms with Crippen molar-refractivity contribution in [3.63, 3.8) is 0 Å². The molecule has 0 radical (unpaired) electrons. The molecule has 1 aromatic heterocycles. The van der Waals surface area contributed by atoms with Crippen molar-refractivity contribution < 1.29 is 28.5 Å². The quantitative estimate of drug-likeness (QED) is 0.233. The number of hydrogen-bond acceptors (Lipinski definition) is 7. The lowest BCUT2D eigenvalue weighted by molar-refractivity contribution is -0.143. The van der Waals surface area contributed by atoms with Gasteiger partial charge in [0, 0.05) is 43.6 Å². The van der Waals surface area contributed by atoms with Gasteiger partial charge >= 0.3 is 5.97 Å². The third kappa shape index (κ3) is 7.79. The van der Waals surface area contributed by atoms with E-state index in [1.54, 1.807) is 13.2 Å². The average Bonchev–Trinajstić information content (AvgIpc) is 3.48. The van der Waals surface area contributed by atoms with Crippen molar-refractivity contribution in [1.29, 1.82) is 0 Å². The maximum Gasteiger partial charge on any atom is 0.325 e. The molecule has 5 rings (SSSR count). The number of aliphatic carboxylic acids is 1. The van der Waals surface area contributed by atoms with E-state index in [2.05, 4.69) is 20.6 Å². The summed E-state index contributed by atoms with van der Waals surface area (Å²) >= 11 is 0. The molecule has 3 aliphatic heterocycles. The number of likely N-dealkylation sites (tertiary alicyclic amines) is 1. The zero-order valence-corrected chi connectivity index (χ0v) is 25.8. The third-order valence-corrected chi connectivity index (χ3v) is 9.86. The Labute approximate surface area is 250 Å². The highest BCUT2D eigenvalue weighted by Crippen LogP contribution is 2.36. The van der Waals surface area contributed by atoms with Crippen LogP contribution in [0.3, 0.4) is 0 Å². The van der Waals surface area contributed by atoms with Gasteiger partial charge in [-0.2, -0.15) is 0 Å². The van der Waals surface area contributed by atoms with Gasteiger partial charge in [-0.05, 0) is 92.7 Å². The summed E-state index contributed by atoms with van der Waals surface area (Å²) in [6.45, 7) is 3.91. The summed E-state index contributed by atoms with van der Waals surface area (Å²) in [4.78, 5) is 19.4. The van der Waals surface area contributed by atoms with Crippen molar-refractivity contribution in [2.75, 3.05) is 45.3 Å². The van der Waals surface area contributed by atoms with E-state index in [-0.39, 0.29) is 12.7 Å². The zero-order chi connectivity index (χ0) is 29.5. The fraction of sp³-hybridized carbons (Fsp3) is 0.625. The minimum Gasteiger partial charge on any atom is -0.496 e. The predicted molar refractivity (Wildman–Crippen MR) is 164 cm³/mol. The lowest BCUT2D eigenvalue weighted by Crippen LogP contribution is -2.34. The second-order valence-corrected chi connectivity index (χ2v) is 12.7. The van der Waals surface area contributed by atoms with E-state index in [1.165, 1.54) is 17.7 Å². The molecule has 0 saturated carbocycles. The molecular weight excluding hydrogens is 556 g/mol. The van der Waals surface area contributed by atoms with Crippen LogP contribution >= 0.6 is 9.24 Å². The largest absolute Gasteiger partial charge is 0.496 e. The highest BCUT2D eigenvalue weighted by molar-refractivity contribution is 7.17. The number of aryl methyl sites for hydroxylation is 1. The maximum atomic E-state index is 14.4. The number of halogens is 1. The molecule has 1 aromatic carbocycles. The second kappa shape index (κ2) is 14.9. The summed E-state index contributed by atoms with van der Waals surface area (Å²) in [5, 5.41) is 13.7. The van der Waals surface area contributed by atoms with E-state index in [0.717, 1.165) is 87.2 Å². The van der Waals surface area contributed by atoms with Crippen LogP contribution in [-0.2, 0) is 33.7 Å². The molecule has 0 aliphatic carbocycles. The topological polar surface area (TPSA) is 93.2 Å². The van der Waals surface area contributed by atoms with E-state index in [4.69, 9.17) is 19.2 Å². The molecule has 4 heterocycles. The SMILES string of the molecule is COc1cc(CCCC[C@H](P)C2CCN([C@@H](C(=O)O)c3cc(F)ccc3COC3CCOCC3)C2)nc2c1CCCN2. The molecular formula is C32H45FN3O5P. The fourth-order valence-electron chi connectivity index (χ4n) is 6.58. The Morgan fingerprint density at radius 2 is 2.10 bits per heavy atom. The number of ether oxygens (including phenoxy) is 3. The first-order chi connectivity index (χ1) is 20.4. The van der Waals surface area contributed by atoms with Crippen LogP contribution in [-0.4, -0.2) is 72.7 Å². The van der Waals surface area contributed by atoms with Gasteiger partial charge in [-0.15, -0.1) is 9.24 Å². The van der Waals surface area contributed by atoms with Crippen LogP contribution in [0, 0.1) is 11.7 Å². The van der Waals surface area contributed by atoms with Crippen molar-refractivity contribution >= 4 is 21.0 Å². The molecule has 4 atom stereocenters. The van der Waals surface area contributed by atoms with Crippen LogP contribution in [0.1, 0.15) is 73.4 Å². The van der Waals surface area contributed by atoms with Crippen LogP contribution in [0.25, 0.3) is 0 Å². The number of aromatic nitrogens is 1. The lowest BCUT2D eigenvalue weighted by atomic mass is 9.97. The summed E-state index contributed by atoms with van der Waals surface area (Å²) in [6.07, 6.45) is 8.79. The Morgan fingerprint density at radius 1 is 1.26 bits per heavy atom. The molecule has 8 nitrogen and oxygen atoms in total. The Bertz CT molecular complexity index is 1190. The Morgan fingerprint density at radius 3 is 2.88 bits per heavy atom. The molecule has 230 valence electrons. The molecule has 2 fully saturated rings. The second-order valence-electron chi connectivity index (χ2n) is 11.8. The fourth-order valence-corrected chi connectivity index (χ4v) is 7.13. The highest BCUT2D eigenvalue weighted by Gasteiger charge is 2.36. The molecule has 3 aliphatic rings. The van der Waals surface area contributed by atoms with Gasteiger partial charge in [-0.1, -0.05) is 12.5 Å². The Kier molecular flexibility index (Phi) is 11.0. The first-order valence-corrected chi connectivity index (χ1v) is 16.1. The van der Waals surface area contributed by atoms with Crippen LogP contribution in [0.15, 0.2) is 24.3 Å². The molecule has 0 amide bonds. The van der Waals surface area contributed by atoms with Crippen molar-refractivity contribution in [2.45, 2.75) is 82.2 Å². The van der Waals surface area contributed by atoms with Crippen LogP contribution in [0.2, 0.25) is 0 Å². The summed E-state index contributed by atoms with van der Waals surface area (Å²) in [6, 6.07) is 5.64. The Hall–Kier alpha value is -2.32. The average molecular weight is 602 g/mol. The van der Waals surface area contributed by atoms with Crippen LogP contribution < -0.4 is 10.1 Å². The summed E-state index contributed by atoms with van der Waals surface area (Å²) in [7, 11) is 4.73. The molecule has 2 N–H and O–H groups in total. The van der Waals surface area contributed by atoms with Gasteiger partial charge in [0.15, 0.2) is 0 Å². The highest BCUT2D eigenvalue weighted by atomic mass is 31.0. The molecule has 0 spiro atoms. The van der Waals surface area contributed by atoms with Gasteiger partial charge in [-0.3, -0.25) is 9.69 Å². The van der Waals surface area contributed by atoms with Gasteiger partial charge in [0.2, 0.25) is 0 Å². The van der Waals surface area contributed by atoms with E-state index in [0.29, 0.717) is 43.4 Å². The molecule has 2 saturated heterocycles. The zero-order valence-electron chi connectivity index (χ0n) is 24.7. The van der Waals surface area contributed by atoms with E-state index < -0.39 is 17.8 Å². The van der Waals surface area contributed by atoms with Crippen LogP contribution in [0.4, 0.5) is 10.2 Å². The minimum atomic E-state index is -0.948. The number of carboxylic acid groups (broad SMARTS) is 1. The molecule has 10 heteroatoms. The van der Waals surface area contributed by atoms with Gasteiger partial charge in [0.25, 0.3) is 0 Å². The number of methoxy groups -OCH3 is 1. The number of nitrogens with one attached hydrogen (secondary N) is 1. The lowest BCUT2D eigenvalue weighted by Gasteiger charge is -2.28. The van der Waals surface area contributed by atoms with E-state index in [1.807, 2.05) is 4.90 Å². The minimum absolute atomic E-state index is 0.0793. The van der Waals surface area contributed by atoms with Crippen molar-refractivity contribution in [3.05, 3.63) is 52.5 Å². The Balaban J connectivity index is 1.15. The van der Waals surface area contributed by atoms with Crippen molar-refractivity contribution in [2.24, 2.45) is 5.92 Å².